The lowest BCUT2D eigenvalue weighted by Crippen LogP contribution is -2.41. The molecule has 0 aliphatic rings. The minimum Gasteiger partial charge on any atom is -0.480 e. The molecule has 0 aromatic heterocycles. The Morgan fingerprint density at radius 1 is 1.14 bits per heavy atom. The van der Waals surface area contributed by atoms with Crippen LogP contribution in [-0.2, 0) is 14.4 Å². The predicted molar refractivity (Wildman–Crippen MR) is 78.4 cm³/mol. The number of carbonyl (C=O) groups is 3. The summed E-state index contributed by atoms with van der Waals surface area (Å²) < 4.78 is 0. The summed E-state index contributed by atoms with van der Waals surface area (Å²) in [4.78, 5) is 34.5. The van der Waals surface area contributed by atoms with E-state index in [9.17, 15) is 14.4 Å². The van der Waals surface area contributed by atoms with Gasteiger partial charge < -0.3 is 16.2 Å². The van der Waals surface area contributed by atoms with E-state index in [2.05, 4.69) is 5.32 Å². The lowest BCUT2D eigenvalue weighted by atomic mass is 10.3. The molecule has 0 saturated heterocycles. The molecule has 21 heavy (non-hydrogen) atoms. The Labute approximate surface area is 130 Å². The zero-order valence-corrected chi connectivity index (χ0v) is 12.3. The van der Waals surface area contributed by atoms with E-state index >= 15 is 0 Å². The summed E-state index contributed by atoms with van der Waals surface area (Å²) in [5.74, 6) is -2.48. The molecule has 7 nitrogen and oxygen atoms in total. The number of carbonyl (C=O) groups excluding carboxylic acids is 2. The first-order chi connectivity index (χ1) is 9.79. The molecule has 0 saturated carbocycles. The van der Waals surface area contributed by atoms with E-state index in [1.807, 2.05) is 0 Å². The van der Waals surface area contributed by atoms with E-state index in [1.54, 1.807) is 18.2 Å². The molecule has 4 N–H and O–H groups in total. The Hall–Kier alpha value is -1.83. The van der Waals surface area contributed by atoms with Crippen molar-refractivity contribution in [3.05, 3.63) is 28.2 Å². The number of carboxylic acids is 1. The Kier molecular flexibility index (Phi) is 6.41. The number of nitrogens with two attached hydrogens (primary N) is 1. The number of benzene rings is 1. The van der Waals surface area contributed by atoms with Crippen molar-refractivity contribution in [2.45, 2.75) is 0 Å². The van der Waals surface area contributed by atoms with Gasteiger partial charge in [0.05, 0.1) is 35.4 Å². The van der Waals surface area contributed by atoms with Crippen LogP contribution in [0.1, 0.15) is 0 Å². The van der Waals surface area contributed by atoms with Crippen LogP contribution in [0.2, 0.25) is 10.0 Å². The third-order valence-electron chi connectivity index (χ3n) is 2.33. The van der Waals surface area contributed by atoms with Gasteiger partial charge in [-0.3, -0.25) is 19.3 Å². The lowest BCUT2D eigenvalue weighted by Gasteiger charge is -2.18. The number of hydrogen-bond donors (Lipinski definition) is 3. The number of nitrogens with zero attached hydrogens (tertiary/aromatic N) is 1. The third kappa shape index (κ3) is 5.99. The number of nitrogens with one attached hydrogen (secondary N) is 1. The molecule has 0 aliphatic carbocycles. The van der Waals surface area contributed by atoms with Gasteiger partial charge in [-0.25, -0.2) is 0 Å². The molecule has 0 aliphatic heterocycles. The number of rotatable bonds is 7. The van der Waals surface area contributed by atoms with Crippen molar-refractivity contribution in [3.63, 3.8) is 0 Å². The van der Waals surface area contributed by atoms with E-state index in [-0.39, 0.29) is 28.8 Å². The summed E-state index contributed by atoms with van der Waals surface area (Å²) >= 11 is 11.8. The molecule has 0 spiro atoms. The highest BCUT2D eigenvalue weighted by atomic mass is 35.5. The number of aliphatic carboxylic acids is 1. The molecule has 0 atom stereocenters. The average molecular weight is 334 g/mol. The topological polar surface area (TPSA) is 113 Å². The van der Waals surface area contributed by atoms with Crippen LogP contribution in [0.15, 0.2) is 18.2 Å². The predicted octanol–water partition coefficient (Wildman–Crippen LogP) is 0.804. The van der Waals surface area contributed by atoms with E-state index < -0.39 is 24.3 Å². The molecule has 0 radical (unpaired) electrons. The number of primary amides is 1. The fraction of sp³-hybridized carbons (Fsp3) is 0.250. The zero-order valence-electron chi connectivity index (χ0n) is 10.8. The van der Waals surface area contributed by atoms with Crippen molar-refractivity contribution in [1.29, 1.82) is 0 Å². The van der Waals surface area contributed by atoms with Crippen molar-refractivity contribution in [2.75, 3.05) is 25.0 Å². The normalized spacial score (nSPS) is 10.4. The van der Waals surface area contributed by atoms with Crippen LogP contribution >= 0.6 is 23.2 Å². The lowest BCUT2D eigenvalue weighted by molar-refractivity contribution is -0.138. The number of amides is 2. The van der Waals surface area contributed by atoms with Crippen LogP contribution in [0, 0.1) is 0 Å². The number of carboxylic acid groups (broad SMARTS) is 1. The number of para-hydroxylation sites is 1. The van der Waals surface area contributed by atoms with Gasteiger partial charge in [0.1, 0.15) is 0 Å². The van der Waals surface area contributed by atoms with Crippen LogP contribution < -0.4 is 11.1 Å². The van der Waals surface area contributed by atoms with Crippen molar-refractivity contribution in [2.24, 2.45) is 5.73 Å². The molecule has 0 unspecified atom stereocenters. The second kappa shape index (κ2) is 7.82. The SMILES string of the molecule is NC(=O)CN(CC(=O)O)CC(=O)Nc1c(Cl)cccc1Cl. The second-order valence-electron chi connectivity index (χ2n) is 4.15. The van der Waals surface area contributed by atoms with Crippen molar-refractivity contribution < 1.29 is 19.5 Å². The standard InChI is InChI=1S/C12H13Cl2N3O4/c13-7-2-1-3-8(14)12(7)16-10(19)5-17(4-9(15)18)6-11(20)21/h1-3H,4-6H2,(H2,15,18)(H,16,19)(H,20,21). The maximum Gasteiger partial charge on any atom is 0.317 e. The van der Waals surface area contributed by atoms with Gasteiger partial charge >= 0.3 is 5.97 Å². The Balaban J connectivity index is 2.73. The van der Waals surface area contributed by atoms with Crippen molar-refractivity contribution in [1.82, 2.24) is 4.90 Å². The molecule has 1 aromatic rings. The third-order valence-corrected chi connectivity index (χ3v) is 2.96. The van der Waals surface area contributed by atoms with Gasteiger partial charge in [-0.1, -0.05) is 29.3 Å². The van der Waals surface area contributed by atoms with Gasteiger partial charge in [-0.2, -0.15) is 0 Å². The molecule has 1 aromatic carbocycles. The van der Waals surface area contributed by atoms with E-state index in [1.165, 1.54) is 0 Å². The molecule has 0 heterocycles. The van der Waals surface area contributed by atoms with Crippen LogP contribution in [-0.4, -0.2) is 47.4 Å². The van der Waals surface area contributed by atoms with E-state index in [0.717, 1.165) is 4.90 Å². The van der Waals surface area contributed by atoms with Crippen LogP contribution in [0.5, 0.6) is 0 Å². The molecule has 0 bridgehead atoms. The Morgan fingerprint density at radius 3 is 2.19 bits per heavy atom. The molecular formula is C12H13Cl2N3O4. The van der Waals surface area contributed by atoms with Gasteiger partial charge in [-0.15, -0.1) is 0 Å². The van der Waals surface area contributed by atoms with Gasteiger partial charge in [0.25, 0.3) is 0 Å². The van der Waals surface area contributed by atoms with E-state index in [0.29, 0.717) is 0 Å². The first kappa shape index (κ1) is 17.2. The highest BCUT2D eigenvalue weighted by Gasteiger charge is 2.17. The maximum absolute atomic E-state index is 11.9. The largest absolute Gasteiger partial charge is 0.480 e. The zero-order chi connectivity index (χ0) is 16.0. The monoisotopic (exact) mass is 333 g/mol. The summed E-state index contributed by atoms with van der Waals surface area (Å²) in [5, 5.41) is 11.7. The second-order valence-corrected chi connectivity index (χ2v) is 4.96. The van der Waals surface area contributed by atoms with Crippen LogP contribution in [0.3, 0.4) is 0 Å². The minimum absolute atomic E-state index is 0.222. The highest BCUT2D eigenvalue weighted by molar-refractivity contribution is 6.39. The Bertz CT molecular complexity index is 529. The van der Waals surface area contributed by atoms with Crippen molar-refractivity contribution >= 4 is 46.7 Å². The van der Waals surface area contributed by atoms with Gasteiger partial charge in [-0.05, 0) is 12.1 Å². The summed E-state index contributed by atoms with van der Waals surface area (Å²) in [6.07, 6.45) is 0. The maximum atomic E-state index is 11.9. The highest BCUT2D eigenvalue weighted by Crippen LogP contribution is 2.29. The van der Waals surface area contributed by atoms with Gasteiger partial charge in [0.15, 0.2) is 0 Å². The molecule has 9 heteroatoms. The van der Waals surface area contributed by atoms with Crippen molar-refractivity contribution in [3.8, 4) is 0 Å². The molecular weight excluding hydrogens is 321 g/mol. The Morgan fingerprint density at radius 2 is 1.71 bits per heavy atom. The summed E-state index contributed by atoms with van der Waals surface area (Å²) in [5.41, 5.74) is 5.22. The first-order valence-corrected chi connectivity index (χ1v) is 6.51. The molecule has 0 fully saturated rings. The molecule has 1 rings (SSSR count). The quantitative estimate of drug-likeness (QED) is 0.683. The fourth-order valence-corrected chi connectivity index (χ4v) is 2.07. The first-order valence-electron chi connectivity index (χ1n) is 5.76. The molecule has 2 amide bonds. The van der Waals surface area contributed by atoms with Gasteiger partial charge in [0, 0.05) is 0 Å². The number of hydrogen-bond acceptors (Lipinski definition) is 4. The van der Waals surface area contributed by atoms with Gasteiger partial charge in [0.2, 0.25) is 11.8 Å². The summed E-state index contributed by atoms with van der Waals surface area (Å²) in [7, 11) is 0. The average Bonchev–Trinajstić information content (AvgIpc) is 2.32. The summed E-state index contributed by atoms with van der Waals surface area (Å²) in [6.45, 7) is -1.18. The van der Waals surface area contributed by atoms with E-state index in [4.69, 9.17) is 34.0 Å². The summed E-state index contributed by atoms with van der Waals surface area (Å²) in [6, 6.07) is 4.70. The smallest absolute Gasteiger partial charge is 0.317 e. The number of anilines is 1. The minimum atomic E-state index is -1.18. The molecule has 114 valence electrons. The van der Waals surface area contributed by atoms with Crippen LogP contribution in [0.25, 0.3) is 0 Å². The number of halogens is 2. The van der Waals surface area contributed by atoms with Crippen LogP contribution in [0.4, 0.5) is 5.69 Å². The fourth-order valence-electron chi connectivity index (χ4n) is 1.58.